The third kappa shape index (κ3) is 3.89. The third-order valence-corrected chi connectivity index (χ3v) is 4.68. The van der Waals surface area contributed by atoms with Gasteiger partial charge in [0.25, 0.3) is 0 Å². The number of fused-ring (bicyclic) bond motifs is 1. The summed E-state index contributed by atoms with van der Waals surface area (Å²) in [5.41, 5.74) is 0.553. The van der Waals surface area contributed by atoms with E-state index in [1.54, 1.807) is 13.0 Å². The van der Waals surface area contributed by atoms with Crippen LogP contribution in [-0.2, 0) is 0 Å². The lowest BCUT2D eigenvalue weighted by molar-refractivity contribution is -0.274. The van der Waals surface area contributed by atoms with E-state index in [0.717, 1.165) is 12.3 Å². The van der Waals surface area contributed by atoms with Crippen molar-refractivity contribution in [3.05, 3.63) is 29.8 Å². The van der Waals surface area contributed by atoms with Crippen molar-refractivity contribution in [1.82, 2.24) is 10.6 Å². The zero-order chi connectivity index (χ0) is 16.6. The highest BCUT2D eigenvalue weighted by Crippen LogP contribution is 2.48. The Kier molecular flexibility index (Phi) is 4.12. The number of benzene rings is 1. The topological polar surface area (TPSA) is 50.4 Å². The van der Waals surface area contributed by atoms with Crippen LogP contribution < -0.4 is 15.4 Å². The molecule has 1 aromatic carbocycles. The minimum atomic E-state index is -4.73. The van der Waals surface area contributed by atoms with Gasteiger partial charge in [0.2, 0.25) is 0 Å². The molecule has 2 unspecified atom stereocenters. The van der Waals surface area contributed by atoms with Gasteiger partial charge in [-0.2, -0.15) is 0 Å². The molecule has 3 saturated carbocycles. The molecule has 1 aromatic rings. The monoisotopic (exact) mass is 328 g/mol. The van der Waals surface area contributed by atoms with E-state index in [2.05, 4.69) is 15.4 Å². The molecular formula is C16H19F3N2O2. The third-order valence-electron chi connectivity index (χ3n) is 4.68. The summed E-state index contributed by atoms with van der Waals surface area (Å²) in [4.78, 5) is 12.0. The minimum absolute atomic E-state index is 0.229. The molecule has 2 amide bonds. The van der Waals surface area contributed by atoms with Crippen molar-refractivity contribution in [1.29, 1.82) is 0 Å². The molecule has 2 bridgehead atoms. The molecule has 4 nitrogen and oxygen atoms in total. The normalized spacial score (nSPS) is 27.0. The summed E-state index contributed by atoms with van der Waals surface area (Å²) in [6.07, 6.45) is -1.31. The quantitative estimate of drug-likeness (QED) is 0.884. The SMILES string of the molecule is CC(NC(=O)NC1CC2CC1C2)c1cccc(OC(F)(F)F)c1. The van der Waals surface area contributed by atoms with Gasteiger partial charge in [0.05, 0.1) is 6.04 Å². The standard InChI is InChI=1S/C16H19F3N2O2/c1-9(11-3-2-4-13(8-11)23-16(17,18)19)20-15(22)21-14-7-10-5-12(14)6-10/h2-4,8-10,12,14H,5-7H2,1H3,(H2,20,21,22). The minimum Gasteiger partial charge on any atom is -0.406 e. The molecule has 3 aliphatic carbocycles. The van der Waals surface area contributed by atoms with Gasteiger partial charge >= 0.3 is 12.4 Å². The lowest BCUT2D eigenvalue weighted by Crippen LogP contribution is -2.43. The van der Waals surface area contributed by atoms with Crippen LogP contribution in [0.4, 0.5) is 18.0 Å². The number of rotatable bonds is 4. The zero-order valence-electron chi connectivity index (χ0n) is 12.7. The van der Waals surface area contributed by atoms with Gasteiger partial charge in [-0.15, -0.1) is 13.2 Å². The van der Waals surface area contributed by atoms with Gasteiger partial charge in [0.15, 0.2) is 0 Å². The summed E-state index contributed by atoms with van der Waals surface area (Å²) in [7, 11) is 0. The second-order valence-corrected chi connectivity index (χ2v) is 6.40. The highest BCUT2D eigenvalue weighted by Gasteiger charge is 2.44. The van der Waals surface area contributed by atoms with E-state index in [0.29, 0.717) is 11.5 Å². The molecule has 3 fully saturated rings. The summed E-state index contributed by atoms with van der Waals surface area (Å²) >= 11 is 0. The maximum absolute atomic E-state index is 12.3. The van der Waals surface area contributed by atoms with Crippen LogP contribution in [-0.4, -0.2) is 18.4 Å². The van der Waals surface area contributed by atoms with Crippen molar-refractivity contribution in [3.63, 3.8) is 0 Å². The Labute approximate surface area is 132 Å². The van der Waals surface area contributed by atoms with Gasteiger partial charge < -0.3 is 15.4 Å². The summed E-state index contributed by atoms with van der Waals surface area (Å²) in [5.74, 6) is 1.05. The van der Waals surface area contributed by atoms with Crippen LogP contribution in [0.1, 0.15) is 37.8 Å². The van der Waals surface area contributed by atoms with E-state index >= 15 is 0 Å². The molecule has 2 N–H and O–H groups in total. The fourth-order valence-corrected chi connectivity index (χ4v) is 3.51. The second-order valence-electron chi connectivity index (χ2n) is 6.40. The number of ether oxygens (including phenoxy) is 1. The van der Waals surface area contributed by atoms with Crippen LogP contribution in [0.15, 0.2) is 24.3 Å². The molecule has 0 aliphatic heterocycles. The Balaban J connectivity index is 1.55. The number of carbonyl (C=O) groups is 1. The molecule has 0 radical (unpaired) electrons. The van der Waals surface area contributed by atoms with Crippen molar-refractivity contribution in [3.8, 4) is 5.75 Å². The lowest BCUT2D eigenvalue weighted by atomic mass is 9.84. The van der Waals surface area contributed by atoms with E-state index < -0.39 is 12.4 Å². The first kappa shape index (κ1) is 16.0. The summed E-state index contributed by atoms with van der Waals surface area (Å²) in [5, 5.41) is 5.73. The van der Waals surface area contributed by atoms with Crippen molar-refractivity contribution >= 4 is 6.03 Å². The average molecular weight is 328 g/mol. The van der Waals surface area contributed by atoms with Crippen LogP contribution in [0.3, 0.4) is 0 Å². The number of urea groups is 1. The molecule has 2 atom stereocenters. The van der Waals surface area contributed by atoms with Gasteiger partial charge in [-0.05, 0) is 55.7 Å². The van der Waals surface area contributed by atoms with E-state index in [-0.39, 0.29) is 17.8 Å². The highest BCUT2D eigenvalue weighted by atomic mass is 19.4. The summed E-state index contributed by atoms with van der Waals surface area (Å²) in [6.45, 7) is 1.72. The van der Waals surface area contributed by atoms with Crippen LogP contribution >= 0.6 is 0 Å². The molecule has 0 aromatic heterocycles. The number of nitrogens with one attached hydrogen (secondary N) is 2. The van der Waals surface area contributed by atoms with Gasteiger partial charge in [-0.1, -0.05) is 12.1 Å². The van der Waals surface area contributed by atoms with E-state index in [1.165, 1.54) is 31.0 Å². The Hall–Kier alpha value is -1.92. The number of hydrogen-bond acceptors (Lipinski definition) is 2. The molecule has 7 heteroatoms. The van der Waals surface area contributed by atoms with Gasteiger partial charge in [0.1, 0.15) is 5.75 Å². The number of alkyl halides is 3. The van der Waals surface area contributed by atoms with Crippen molar-refractivity contribution in [2.45, 2.75) is 44.6 Å². The summed E-state index contributed by atoms with van der Waals surface area (Å²) in [6, 6.07) is 5.17. The molecule has 0 spiro atoms. The predicted octanol–water partition coefficient (Wildman–Crippen LogP) is 3.74. The lowest BCUT2D eigenvalue weighted by Gasteiger charge is -2.25. The first-order valence-corrected chi connectivity index (χ1v) is 7.73. The molecule has 3 aliphatic rings. The molecule has 126 valence electrons. The number of amides is 2. The summed E-state index contributed by atoms with van der Waals surface area (Å²) < 4.78 is 40.6. The Morgan fingerprint density at radius 2 is 2.04 bits per heavy atom. The van der Waals surface area contributed by atoms with Crippen molar-refractivity contribution in [2.24, 2.45) is 11.8 Å². The van der Waals surface area contributed by atoms with Crippen molar-refractivity contribution in [2.75, 3.05) is 0 Å². The fourth-order valence-electron chi connectivity index (χ4n) is 3.51. The maximum Gasteiger partial charge on any atom is 0.573 e. The second kappa shape index (κ2) is 5.94. The number of carbonyl (C=O) groups excluding carboxylic acids is 1. The molecular weight excluding hydrogens is 309 g/mol. The zero-order valence-corrected chi connectivity index (χ0v) is 12.7. The molecule has 4 rings (SSSR count). The maximum atomic E-state index is 12.3. The molecule has 0 heterocycles. The van der Waals surface area contributed by atoms with Crippen LogP contribution in [0.25, 0.3) is 0 Å². The van der Waals surface area contributed by atoms with Crippen LogP contribution in [0.5, 0.6) is 5.75 Å². The predicted molar refractivity (Wildman–Crippen MR) is 77.8 cm³/mol. The number of halogens is 3. The van der Waals surface area contributed by atoms with Gasteiger partial charge in [-0.3, -0.25) is 0 Å². The van der Waals surface area contributed by atoms with Gasteiger partial charge in [0, 0.05) is 6.04 Å². The first-order valence-electron chi connectivity index (χ1n) is 7.73. The van der Waals surface area contributed by atoms with Crippen LogP contribution in [0.2, 0.25) is 0 Å². The Morgan fingerprint density at radius 1 is 1.30 bits per heavy atom. The average Bonchev–Trinajstić information content (AvgIpc) is 2.95. The highest BCUT2D eigenvalue weighted by molar-refractivity contribution is 5.75. The van der Waals surface area contributed by atoms with E-state index in [1.807, 2.05) is 0 Å². The molecule has 23 heavy (non-hydrogen) atoms. The smallest absolute Gasteiger partial charge is 0.406 e. The van der Waals surface area contributed by atoms with Crippen LogP contribution in [0, 0.1) is 11.8 Å². The fraction of sp³-hybridized carbons (Fsp3) is 0.562. The van der Waals surface area contributed by atoms with Crippen molar-refractivity contribution < 1.29 is 22.7 Å². The largest absolute Gasteiger partial charge is 0.573 e. The van der Waals surface area contributed by atoms with E-state index in [4.69, 9.17) is 0 Å². The Morgan fingerprint density at radius 3 is 2.65 bits per heavy atom. The van der Waals surface area contributed by atoms with Gasteiger partial charge in [-0.25, -0.2) is 4.79 Å². The number of hydrogen-bond donors (Lipinski definition) is 2. The molecule has 0 saturated heterocycles. The Bertz CT molecular complexity index is 585. The first-order chi connectivity index (χ1) is 10.8. The van der Waals surface area contributed by atoms with E-state index in [9.17, 15) is 18.0 Å².